The number of fused-ring (bicyclic) bond motifs is 1. The zero-order valence-electron chi connectivity index (χ0n) is 11.7. The topological polar surface area (TPSA) is 71.1 Å². The molecule has 5 nitrogen and oxygen atoms in total. The monoisotopic (exact) mass is 303 g/mol. The SMILES string of the molecule is CC(NS(=O)(=O)c1ccc2c(c1)NCC2)c1ccccn1. The van der Waals surface area contributed by atoms with E-state index in [9.17, 15) is 8.42 Å². The molecular formula is C15H17N3O2S. The first-order valence-corrected chi connectivity index (χ1v) is 8.35. The number of sulfonamides is 1. The summed E-state index contributed by atoms with van der Waals surface area (Å²) >= 11 is 0. The first kappa shape index (κ1) is 14.0. The van der Waals surface area contributed by atoms with Crippen molar-refractivity contribution >= 4 is 15.7 Å². The molecule has 6 heteroatoms. The number of rotatable bonds is 4. The van der Waals surface area contributed by atoms with Crippen LogP contribution in [0, 0.1) is 0 Å². The van der Waals surface area contributed by atoms with E-state index in [4.69, 9.17) is 0 Å². The van der Waals surface area contributed by atoms with E-state index in [1.165, 1.54) is 0 Å². The Morgan fingerprint density at radius 2 is 2.14 bits per heavy atom. The molecule has 0 bridgehead atoms. The molecule has 0 saturated carbocycles. The zero-order chi connectivity index (χ0) is 14.9. The smallest absolute Gasteiger partial charge is 0.241 e. The van der Waals surface area contributed by atoms with E-state index in [-0.39, 0.29) is 10.9 Å². The van der Waals surface area contributed by atoms with Crippen LogP contribution in [0.25, 0.3) is 0 Å². The number of pyridine rings is 1. The predicted octanol–water partition coefficient (Wildman–Crippen LogP) is 2.09. The molecule has 1 atom stereocenters. The molecule has 1 aromatic carbocycles. The van der Waals surface area contributed by atoms with Gasteiger partial charge >= 0.3 is 0 Å². The second-order valence-electron chi connectivity index (χ2n) is 5.09. The first-order chi connectivity index (χ1) is 10.1. The molecule has 1 aromatic heterocycles. The number of hydrogen-bond acceptors (Lipinski definition) is 4. The molecule has 2 N–H and O–H groups in total. The summed E-state index contributed by atoms with van der Waals surface area (Å²) in [7, 11) is -3.56. The summed E-state index contributed by atoms with van der Waals surface area (Å²) < 4.78 is 27.6. The van der Waals surface area contributed by atoms with Gasteiger partial charge in [0.2, 0.25) is 10.0 Å². The maximum atomic E-state index is 12.4. The molecular weight excluding hydrogens is 286 g/mol. The summed E-state index contributed by atoms with van der Waals surface area (Å²) in [5.74, 6) is 0. The lowest BCUT2D eigenvalue weighted by Gasteiger charge is -2.14. The van der Waals surface area contributed by atoms with Crippen molar-refractivity contribution in [2.75, 3.05) is 11.9 Å². The van der Waals surface area contributed by atoms with E-state index in [2.05, 4.69) is 15.0 Å². The molecule has 110 valence electrons. The number of benzene rings is 1. The summed E-state index contributed by atoms with van der Waals surface area (Å²) in [6.07, 6.45) is 2.59. The third-order valence-corrected chi connectivity index (χ3v) is 5.10. The maximum absolute atomic E-state index is 12.4. The van der Waals surface area contributed by atoms with Gasteiger partial charge in [-0.3, -0.25) is 4.98 Å². The fourth-order valence-electron chi connectivity index (χ4n) is 2.43. The molecule has 21 heavy (non-hydrogen) atoms. The van der Waals surface area contributed by atoms with Crippen LogP contribution in [-0.4, -0.2) is 19.9 Å². The fourth-order valence-corrected chi connectivity index (χ4v) is 3.67. The minimum atomic E-state index is -3.56. The minimum Gasteiger partial charge on any atom is -0.384 e. The molecule has 0 spiro atoms. The van der Waals surface area contributed by atoms with Crippen LogP contribution in [0.5, 0.6) is 0 Å². The van der Waals surface area contributed by atoms with Crippen molar-refractivity contribution < 1.29 is 8.42 Å². The van der Waals surface area contributed by atoms with Crippen LogP contribution in [0.1, 0.15) is 24.2 Å². The highest BCUT2D eigenvalue weighted by atomic mass is 32.2. The lowest BCUT2D eigenvalue weighted by molar-refractivity contribution is 0.564. The second kappa shape index (κ2) is 5.46. The molecule has 1 unspecified atom stereocenters. The minimum absolute atomic E-state index is 0.276. The van der Waals surface area contributed by atoms with Gasteiger partial charge in [-0.2, -0.15) is 0 Å². The van der Waals surface area contributed by atoms with E-state index in [0.29, 0.717) is 5.69 Å². The predicted molar refractivity (Wildman–Crippen MR) is 81.6 cm³/mol. The standard InChI is InChI=1S/C15H17N3O2S/c1-11(14-4-2-3-8-16-14)18-21(19,20)13-6-5-12-7-9-17-15(12)10-13/h2-6,8,10-11,17-18H,7,9H2,1H3. The molecule has 0 radical (unpaired) electrons. The number of nitrogens with one attached hydrogen (secondary N) is 2. The molecule has 3 rings (SSSR count). The average Bonchev–Trinajstić information content (AvgIpc) is 2.95. The lowest BCUT2D eigenvalue weighted by atomic mass is 10.2. The molecule has 0 fully saturated rings. The van der Waals surface area contributed by atoms with Crippen LogP contribution < -0.4 is 10.0 Å². The normalized spacial score (nSPS) is 15.3. The van der Waals surface area contributed by atoms with E-state index in [1.54, 1.807) is 37.4 Å². The third kappa shape index (κ3) is 2.91. The van der Waals surface area contributed by atoms with Gasteiger partial charge in [0, 0.05) is 18.4 Å². The fraction of sp³-hybridized carbons (Fsp3) is 0.267. The second-order valence-corrected chi connectivity index (χ2v) is 6.81. The van der Waals surface area contributed by atoms with Crippen LogP contribution in [0.15, 0.2) is 47.5 Å². The zero-order valence-corrected chi connectivity index (χ0v) is 12.5. The van der Waals surface area contributed by atoms with Crippen LogP contribution >= 0.6 is 0 Å². The Balaban J connectivity index is 1.84. The molecule has 0 saturated heterocycles. The van der Waals surface area contributed by atoms with E-state index in [1.807, 2.05) is 12.1 Å². The third-order valence-electron chi connectivity index (χ3n) is 3.56. The van der Waals surface area contributed by atoms with Crippen molar-refractivity contribution in [3.05, 3.63) is 53.9 Å². The van der Waals surface area contributed by atoms with Gasteiger partial charge in [-0.1, -0.05) is 12.1 Å². The quantitative estimate of drug-likeness (QED) is 0.907. The largest absolute Gasteiger partial charge is 0.384 e. The number of hydrogen-bond donors (Lipinski definition) is 2. The Bertz CT molecular complexity index is 745. The van der Waals surface area contributed by atoms with Gasteiger partial charge in [-0.05, 0) is 43.2 Å². The van der Waals surface area contributed by atoms with E-state index < -0.39 is 10.0 Å². The van der Waals surface area contributed by atoms with Gasteiger partial charge < -0.3 is 5.32 Å². The van der Waals surface area contributed by atoms with Crippen molar-refractivity contribution in [3.8, 4) is 0 Å². The summed E-state index contributed by atoms with van der Waals surface area (Å²) in [5, 5.41) is 3.19. The number of anilines is 1. The summed E-state index contributed by atoms with van der Waals surface area (Å²) in [6, 6.07) is 10.3. The summed E-state index contributed by atoms with van der Waals surface area (Å²) in [5.41, 5.74) is 2.76. The van der Waals surface area contributed by atoms with Crippen molar-refractivity contribution in [3.63, 3.8) is 0 Å². The van der Waals surface area contributed by atoms with Gasteiger partial charge in [0.05, 0.1) is 16.6 Å². The molecule has 1 aliphatic heterocycles. The Morgan fingerprint density at radius 3 is 2.90 bits per heavy atom. The van der Waals surface area contributed by atoms with Crippen LogP contribution in [0.4, 0.5) is 5.69 Å². The van der Waals surface area contributed by atoms with Crippen molar-refractivity contribution in [2.45, 2.75) is 24.3 Å². The van der Waals surface area contributed by atoms with Gasteiger partial charge in [0.25, 0.3) is 0 Å². The Kier molecular flexibility index (Phi) is 3.65. The Hall–Kier alpha value is -1.92. The summed E-state index contributed by atoms with van der Waals surface area (Å²) in [6.45, 7) is 2.64. The molecule has 0 aliphatic carbocycles. The Morgan fingerprint density at radius 1 is 1.29 bits per heavy atom. The van der Waals surface area contributed by atoms with E-state index >= 15 is 0 Å². The summed E-state index contributed by atoms with van der Waals surface area (Å²) in [4.78, 5) is 4.45. The van der Waals surface area contributed by atoms with Crippen LogP contribution in [0.2, 0.25) is 0 Å². The molecule has 2 heterocycles. The van der Waals surface area contributed by atoms with Gasteiger partial charge in [0.1, 0.15) is 0 Å². The van der Waals surface area contributed by atoms with Crippen molar-refractivity contribution in [1.82, 2.24) is 9.71 Å². The number of aromatic nitrogens is 1. The highest BCUT2D eigenvalue weighted by molar-refractivity contribution is 7.89. The maximum Gasteiger partial charge on any atom is 0.241 e. The van der Waals surface area contributed by atoms with Gasteiger partial charge in [-0.25, -0.2) is 13.1 Å². The van der Waals surface area contributed by atoms with Crippen molar-refractivity contribution in [2.24, 2.45) is 0 Å². The Labute approximate surface area is 124 Å². The van der Waals surface area contributed by atoms with Crippen molar-refractivity contribution in [1.29, 1.82) is 0 Å². The lowest BCUT2D eigenvalue weighted by Crippen LogP contribution is -2.27. The first-order valence-electron chi connectivity index (χ1n) is 6.86. The molecule has 1 aliphatic rings. The van der Waals surface area contributed by atoms with Gasteiger partial charge in [0.15, 0.2) is 0 Å². The van der Waals surface area contributed by atoms with Crippen LogP contribution in [-0.2, 0) is 16.4 Å². The van der Waals surface area contributed by atoms with E-state index in [0.717, 1.165) is 24.2 Å². The van der Waals surface area contributed by atoms with Crippen LogP contribution in [0.3, 0.4) is 0 Å². The average molecular weight is 303 g/mol. The molecule has 0 amide bonds. The highest BCUT2D eigenvalue weighted by Gasteiger charge is 2.21. The highest BCUT2D eigenvalue weighted by Crippen LogP contribution is 2.26. The number of nitrogens with zero attached hydrogens (tertiary/aromatic N) is 1. The molecule has 2 aromatic rings. The van der Waals surface area contributed by atoms with Gasteiger partial charge in [-0.15, -0.1) is 0 Å².